The Kier molecular flexibility index (Phi) is 6.15. The van der Waals surface area contributed by atoms with Crippen LogP contribution < -0.4 is 9.47 Å². The van der Waals surface area contributed by atoms with Crippen LogP contribution in [-0.4, -0.2) is 18.2 Å². The second-order valence-electron chi connectivity index (χ2n) is 4.26. The molecule has 1 aromatic carbocycles. The zero-order chi connectivity index (χ0) is 14.2. The van der Waals surface area contributed by atoms with Gasteiger partial charge in [-0.1, -0.05) is 19.1 Å². The zero-order valence-electron chi connectivity index (χ0n) is 11.5. The molecule has 0 atom stereocenters. The Hall–Kier alpha value is -1.26. The molecule has 0 fully saturated rings. The van der Waals surface area contributed by atoms with Crippen molar-refractivity contribution in [3.05, 3.63) is 40.3 Å². The fraction of sp³-hybridized carbons (Fsp3) is 0.400. The number of nitrogens with zero attached hydrogens (tertiary/aromatic N) is 1. The molecule has 0 aliphatic heterocycles. The minimum absolute atomic E-state index is 0.463. The number of hydrogen-bond acceptors (Lipinski definition) is 4. The van der Waals surface area contributed by atoms with Crippen LogP contribution in [0.1, 0.15) is 24.0 Å². The summed E-state index contributed by atoms with van der Waals surface area (Å²) < 4.78 is 11.4. The number of para-hydroxylation sites is 2. The highest BCUT2D eigenvalue weighted by Crippen LogP contribution is 2.26. The van der Waals surface area contributed by atoms with E-state index in [1.165, 1.54) is 0 Å². The van der Waals surface area contributed by atoms with Gasteiger partial charge in [0.1, 0.15) is 0 Å². The second kappa shape index (κ2) is 8.12. The van der Waals surface area contributed by atoms with Crippen molar-refractivity contribution in [3.63, 3.8) is 0 Å². The van der Waals surface area contributed by atoms with Crippen molar-refractivity contribution < 1.29 is 9.47 Å². The monoisotopic (exact) mass is 311 g/mol. The molecule has 0 aliphatic rings. The summed E-state index contributed by atoms with van der Waals surface area (Å²) in [5, 5.41) is 3.04. The van der Waals surface area contributed by atoms with Gasteiger partial charge in [-0.3, -0.25) is 0 Å². The molecule has 0 saturated heterocycles. The van der Waals surface area contributed by atoms with Crippen molar-refractivity contribution in [3.8, 4) is 11.5 Å². The van der Waals surface area contributed by atoms with E-state index in [4.69, 9.17) is 21.1 Å². The first-order valence-corrected chi connectivity index (χ1v) is 8.08. The van der Waals surface area contributed by atoms with Crippen LogP contribution in [0.4, 0.5) is 0 Å². The molecule has 2 rings (SSSR count). The summed E-state index contributed by atoms with van der Waals surface area (Å²) in [4.78, 5) is 4.41. The number of benzene rings is 1. The number of thiazole rings is 1. The first kappa shape index (κ1) is 15.1. The fourth-order valence-corrected chi connectivity index (χ4v) is 2.68. The number of alkyl halides is 1. The Morgan fingerprint density at radius 1 is 1.15 bits per heavy atom. The maximum absolute atomic E-state index is 5.79. The van der Waals surface area contributed by atoms with E-state index >= 15 is 0 Å². The van der Waals surface area contributed by atoms with E-state index < -0.39 is 0 Å². The number of rotatable bonds is 8. The van der Waals surface area contributed by atoms with Crippen molar-refractivity contribution >= 4 is 22.9 Å². The molecule has 108 valence electrons. The average Bonchev–Trinajstić information content (AvgIpc) is 2.94. The third-order valence-corrected chi connectivity index (χ3v) is 3.85. The number of aromatic nitrogens is 1. The maximum atomic E-state index is 5.79. The summed E-state index contributed by atoms with van der Waals surface area (Å²) in [5.74, 6) is 2.05. The van der Waals surface area contributed by atoms with Gasteiger partial charge in [-0.05, 0) is 18.6 Å². The van der Waals surface area contributed by atoms with Crippen LogP contribution in [-0.2, 0) is 12.3 Å². The normalized spacial score (nSPS) is 10.5. The Balaban J connectivity index is 1.87. The minimum atomic E-state index is 0.463. The molecule has 1 aromatic heterocycles. The minimum Gasteiger partial charge on any atom is -0.490 e. The summed E-state index contributed by atoms with van der Waals surface area (Å²) in [6.07, 6.45) is 1.76. The molecule has 0 bridgehead atoms. The van der Waals surface area contributed by atoms with Crippen LogP contribution in [0.15, 0.2) is 29.6 Å². The predicted molar refractivity (Wildman–Crippen MR) is 83.1 cm³/mol. The van der Waals surface area contributed by atoms with E-state index in [0.29, 0.717) is 19.1 Å². The highest BCUT2D eigenvalue weighted by Gasteiger charge is 2.05. The lowest BCUT2D eigenvalue weighted by atomic mass is 10.3. The van der Waals surface area contributed by atoms with Crippen molar-refractivity contribution in [2.75, 3.05) is 13.2 Å². The van der Waals surface area contributed by atoms with Gasteiger partial charge in [0.2, 0.25) is 0 Å². The van der Waals surface area contributed by atoms with Crippen molar-refractivity contribution in [2.45, 2.75) is 25.6 Å². The van der Waals surface area contributed by atoms with Crippen molar-refractivity contribution in [1.29, 1.82) is 0 Å². The quantitative estimate of drug-likeness (QED) is 0.681. The Morgan fingerprint density at radius 3 is 2.45 bits per heavy atom. The molecule has 2 aromatic rings. The van der Waals surface area contributed by atoms with Gasteiger partial charge in [-0.2, -0.15) is 0 Å². The lowest BCUT2D eigenvalue weighted by Crippen LogP contribution is -2.04. The van der Waals surface area contributed by atoms with Gasteiger partial charge in [-0.15, -0.1) is 22.9 Å². The first-order chi connectivity index (χ1) is 9.83. The Labute approximate surface area is 128 Å². The summed E-state index contributed by atoms with van der Waals surface area (Å²) in [6.45, 7) is 3.37. The van der Waals surface area contributed by atoms with Crippen LogP contribution >= 0.6 is 22.9 Å². The Bertz CT molecular complexity index is 530. The van der Waals surface area contributed by atoms with Crippen molar-refractivity contribution in [1.82, 2.24) is 4.98 Å². The summed E-state index contributed by atoms with van der Waals surface area (Å²) >= 11 is 7.36. The number of ether oxygens (including phenoxy) is 2. The van der Waals surface area contributed by atoms with E-state index in [2.05, 4.69) is 11.9 Å². The second-order valence-corrected chi connectivity index (χ2v) is 5.47. The molecule has 1 heterocycles. The third kappa shape index (κ3) is 4.39. The molecular formula is C15H18ClNO2S. The van der Waals surface area contributed by atoms with E-state index in [1.54, 1.807) is 11.3 Å². The van der Waals surface area contributed by atoms with Crippen LogP contribution in [0.25, 0.3) is 0 Å². The van der Waals surface area contributed by atoms with Crippen LogP contribution in [0, 0.1) is 0 Å². The highest BCUT2D eigenvalue weighted by molar-refractivity contribution is 7.09. The molecule has 0 radical (unpaired) electrons. The van der Waals surface area contributed by atoms with Gasteiger partial charge in [0.15, 0.2) is 11.5 Å². The number of hydrogen-bond donors (Lipinski definition) is 0. The lowest BCUT2D eigenvalue weighted by molar-refractivity contribution is 0.270. The molecule has 0 saturated carbocycles. The first-order valence-electron chi connectivity index (χ1n) is 6.67. The predicted octanol–water partition coefficient (Wildman–Crippen LogP) is 4.29. The molecule has 5 heteroatoms. The largest absolute Gasteiger partial charge is 0.490 e. The molecule has 20 heavy (non-hydrogen) atoms. The average molecular weight is 312 g/mol. The maximum Gasteiger partial charge on any atom is 0.161 e. The van der Waals surface area contributed by atoms with Gasteiger partial charge >= 0.3 is 0 Å². The van der Waals surface area contributed by atoms with Crippen LogP contribution in [0.3, 0.4) is 0 Å². The van der Waals surface area contributed by atoms with Crippen molar-refractivity contribution in [2.24, 2.45) is 0 Å². The van der Waals surface area contributed by atoms with Gasteiger partial charge < -0.3 is 9.47 Å². The third-order valence-electron chi connectivity index (χ3n) is 2.62. The van der Waals surface area contributed by atoms with Gasteiger partial charge in [0.25, 0.3) is 0 Å². The Morgan fingerprint density at radius 2 is 1.85 bits per heavy atom. The summed E-state index contributed by atoms with van der Waals surface area (Å²) in [5.41, 5.74) is 0.929. The highest BCUT2D eigenvalue weighted by atomic mass is 35.5. The molecule has 0 N–H and O–H groups in total. The van der Waals surface area contributed by atoms with Crippen LogP contribution in [0.5, 0.6) is 11.5 Å². The van der Waals surface area contributed by atoms with Gasteiger partial charge in [0, 0.05) is 11.8 Å². The van der Waals surface area contributed by atoms with Gasteiger partial charge in [0.05, 0.1) is 29.8 Å². The molecular weight excluding hydrogens is 294 g/mol. The van der Waals surface area contributed by atoms with E-state index in [1.807, 2.05) is 29.6 Å². The summed E-state index contributed by atoms with van der Waals surface area (Å²) in [7, 11) is 0. The fourth-order valence-electron chi connectivity index (χ4n) is 1.67. The zero-order valence-corrected chi connectivity index (χ0v) is 13.0. The molecule has 0 aliphatic carbocycles. The molecule has 3 nitrogen and oxygen atoms in total. The molecule has 0 amide bonds. The smallest absolute Gasteiger partial charge is 0.161 e. The lowest BCUT2D eigenvalue weighted by Gasteiger charge is -2.11. The van der Waals surface area contributed by atoms with Gasteiger partial charge in [-0.25, -0.2) is 4.98 Å². The van der Waals surface area contributed by atoms with Crippen LogP contribution in [0.2, 0.25) is 0 Å². The number of halogens is 1. The summed E-state index contributed by atoms with van der Waals surface area (Å²) in [6, 6.07) is 7.76. The molecule has 0 unspecified atom stereocenters. The topological polar surface area (TPSA) is 31.4 Å². The van der Waals surface area contributed by atoms with E-state index in [9.17, 15) is 0 Å². The van der Waals surface area contributed by atoms with E-state index in [0.717, 1.165) is 35.0 Å². The standard InChI is InChI=1S/C15H18ClNO2S/c1-2-8-18-13-5-3-4-6-14(13)19-9-7-15-17-12(10-16)11-20-15/h3-6,11H,2,7-10H2,1H3. The molecule has 0 spiro atoms. The SMILES string of the molecule is CCCOc1ccccc1OCCc1nc(CCl)cs1. The van der Waals surface area contributed by atoms with E-state index in [-0.39, 0.29) is 0 Å².